The molecule has 0 bridgehead atoms. The van der Waals surface area contributed by atoms with Crippen LogP contribution in [0.5, 0.6) is 5.75 Å². The molecule has 0 aliphatic carbocycles. The normalized spacial score (nSPS) is 15.5. The van der Waals surface area contributed by atoms with Crippen LogP contribution in [0, 0.1) is 0 Å². The number of nitrogens with zero attached hydrogens (tertiary/aromatic N) is 1. The van der Waals surface area contributed by atoms with E-state index in [1.54, 1.807) is 24.3 Å². The summed E-state index contributed by atoms with van der Waals surface area (Å²) in [6, 6.07) is 8.09. The van der Waals surface area contributed by atoms with Crippen molar-refractivity contribution in [2.24, 2.45) is 0 Å². The highest BCUT2D eigenvalue weighted by Gasteiger charge is 2.35. The van der Waals surface area contributed by atoms with Crippen LogP contribution in [0.4, 0.5) is 4.79 Å². The van der Waals surface area contributed by atoms with E-state index in [1.165, 1.54) is 19.2 Å². The summed E-state index contributed by atoms with van der Waals surface area (Å²) in [7, 11) is 1.24. The molecule has 7 nitrogen and oxygen atoms in total. The number of esters is 1. The van der Waals surface area contributed by atoms with Crippen LogP contribution in [0.2, 0.25) is 5.02 Å². The first-order valence-electron chi connectivity index (χ1n) is 8.67. The highest BCUT2D eigenvalue weighted by atomic mass is 35.5. The maximum Gasteiger partial charge on any atom is 0.373 e. The van der Waals surface area contributed by atoms with E-state index in [-0.39, 0.29) is 23.3 Å². The molecule has 152 valence electrons. The van der Waals surface area contributed by atoms with Crippen molar-refractivity contribution >= 4 is 46.6 Å². The van der Waals surface area contributed by atoms with E-state index in [1.807, 2.05) is 13.8 Å². The molecule has 0 spiro atoms. The molecule has 1 fully saturated rings. The molecule has 0 radical (unpaired) electrons. The molecular formula is C20H18ClNO6S. The van der Waals surface area contributed by atoms with Gasteiger partial charge in [0.15, 0.2) is 0 Å². The van der Waals surface area contributed by atoms with Crippen LogP contribution >= 0.6 is 23.4 Å². The number of hydrogen-bond acceptors (Lipinski definition) is 7. The van der Waals surface area contributed by atoms with E-state index in [9.17, 15) is 14.4 Å². The van der Waals surface area contributed by atoms with Crippen molar-refractivity contribution in [2.45, 2.75) is 26.5 Å². The molecule has 29 heavy (non-hydrogen) atoms. The fraction of sp³-hybridized carbons (Fsp3) is 0.250. The Kier molecular flexibility index (Phi) is 6.34. The lowest BCUT2D eigenvalue weighted by atomic mass is 10.2. The standard InChI is InChI=1S/C20H18ClNO6S/c1-11(2)27-15-6-4-12(8-14(15)21)9-17-18(23)22(20(25)29-17)10-13-5-7-16(28-13)19(24)26-3/h4-9,11H,10H2,1-3H3. The Hall–Kier alpha value is -2.71. The lowest BCUT2D eigenvalue weighted by Crippen LogP contribution is -2.27. The van der Waals surface area contributed by atoms with E-state index < -0.39 is 17.1 Å². The van der Waals surface area contributed by atoms with Crippen LogP contribution < -0.4 is 4.74 Å². The second-order valence-corrected chi connectivity index (χ2v) is 7.78. The van der Waals surface area contributed by atoms with Crippen LogP contribution in [-0.2, 0) is 16.1 Å². The van der Waals surface area contributed by atoms with Crippen molar-refractivity contribution in [1.82, 2.24) is 4.90 Å². The van der Waals surface area contributed by atoms with Crippen LogP contribution in [0.25, 0.3) is 6.08 Å². The minimum atomic E-state index is -0.632. The van der Waals surface area contributed by atoms with Crippen molar-refractivity contribution in [2.75, 3.05) is 7.11 Å². The van der Waals surface area contributed by atoms with Crippen LogP contribution in [0.3, 0.4) is 0 Å². The molecule has 1 aromatic carbocycles. The summed E-state index contributed by atoms with van der Waals surface area (Å²) < 4.78 is 15.5. The van der Waals surface area contributed by atoms with Gasteiger partial charge in [-0.25, -0.2) is 4.79 Å². The minimum Gasteiger partial charge on any atom is -0.489 e. The number of amides is 2. The third-order valence-electron chi connectivity index (χ3n) is 3.85. The molecule has 1 saturated heterocycles. The summed E-state index contributed by atoms with van der Waals surface area (Å²) in [5, 5.41) is -0.0132. The fourth-order valence-electron chi connectivity index (χ4n) is 2.57. The molecule has 2 aromatic rings. The number of thioether (sulfide) groups is 1. The first kappa shape index (κ1) is 21.0. The van der Waals surface area contributed by atoms with Gasteiger partial charge in [-0.15, -0.1) is 0 Å². The van der Waals surface area contributed by atoms with Gasteiger partial charge in [-0.2, -0.15) is 0 Å². The third-order valence-corrected chi connectivity index (χ3v) is 5.05. The summed E-state index contributed by atoms with van der Waals surface area (Å²) in [5.74, 6) is -0.233. The van der Waals surface area contributed by atoms with Gasteiger partial charge in [0.05, 0.1) is 29.7 Å². The number of ether oxygens (including phenoxy) is 2. The molecule has 2 amide bonds. The number of rotatable bonds is 6. The Bertz CT molecular complexity index is 997. The maximum atomic E-state index is 12.6. The van der Waals surface area contributed by atoms with Crippen LogP contribution in [0.15, 0.2) is 39.7 Å². The number of carbonyl (C=O) groups excluding carboxylic acids is 3. The summed E-state index contributed by atoms with van der Waals surface area (Å²) >= 11 is 7.05. The number of hydrogen-bond donors (Lipinski definition) is 0. The molecule has 0 unspecified atom stereocenters. The molecule has 0 saturated carbocycles. The monoisotopic (exact) mass is 435 g/mol. The van der Waals surface area contributed by atoms with Crippen molar-refractivity contribution in [1.29, 1.82) is 0 Å². The van der Waals surface area contributed by atoms with Gasteiger partial charge >= 0.3 is 5.97 Å². The van der Waals surface area contributed by atoms with Gasteiger partial charge in [-0.1, -0.05) is 17.7 Å². The number of methoxy groups -OCH3 is 1. The largest absolute Gasteiger partial charge is 0.489 e. The first-order chi connectivity index (χ1) is 13.8. The van der Waals surface area contributed by atoms with Gasteiger partial charge in [0, 0.05) is 0 Å². The van der Waals surface area contributed by atoms with Gasteiger partial charge < -0.3 is 13.9 Å². The molecular weight excluding hydrogens is 418 g/mol. The van der Waals surface area contributed by atoms with Crippen molar-refractivity contribution in [3.05, 3.63) is 57.3 Å². The van der Waals surface area contributed by atoms with E-state index in [0.717, 1.165) is 16.7 Å². The van der Waals surface area contributed by atoms with E-state index in [2.05, 4.69) is 4.74 Å². The van der Waals surface area contributed by atoms with Gasteiger partial charge in [0.25, 0.3) is 11.1 Å². The Morgan fingerprint density at radius 1 is 1.28 bits per heavy atom. The zero-order chi connectivity index (χ0) is 21.1. The summed E-state index contributed by atoms with van der Waals surface area (Å²) in [4.78, 5) is 37.7. The number of halogens is 1. The van der Waals surface area contributed by atoms with Gasteiger partial charge in [-0.05, 0) is 61.5 Å². The molecule has 1 aromatic heterocycles. The molecule has 0 N–H and O–H groups in total. The average molecular weight is 436 g/mol. The predicted molar refractivity (Wildman–Crippen MR) is 109 cm³/mol. The molecule has 0 atom stereocenters. The van der Waals surface area contributed by atoms with Crippen molar-refractivity contribution < 1.29 is 28.3 Å². The maximum absolute atomic E-state index is 12.6. The number of benzene rings is 1. The summed E-state index contributed by atoms with van der Waals surface area (Å²) in [6.45, 7) is 3.71. The Morgan fingerprint density at radius 2 is 2.03 bits per heavy atom. The quantitative estimate of drug-likeness (QED) is 0.478. The number of carbonyl (C=O) groups is 3. The predicted octanol–water partition coefficient (Wildman–Crippen LogP) is 4.74. The lowest BCUT2D eigenvalue weighted by molar-refractivity contribution is -0.123. The van der Waals surface area contributed by atoms with Gasteiger partial charge in [0.2, 0.25) is 5.76 Å². The molecule has 2 heterocycles. The van der Waals surface area contributed by atoms with E-state index in [4.69, 9.17) is 20.8 Å². The highest BCUT2D eigenvalue weighted by molar-refractivity contribution is 8.18. The van der Waals surface area contributed by atoms with Crippen molar-refractivity contribution in [3.8, 4) is 5.75 Å². The van der Waals surface area contributed by atoms with Gasteiger partial charge in [-0.3, -0.25) is 14.5 Å². The Balaban J connectivity index is 1.75. The van der Waals surface area contributed by atoms with E-state index >= 15 is 0 Å². The SMILES string of the molecule is COC(=O)c1ccc(CN2C(=O)SC(=Cc3ccc(OC(C)C)c(Cl)c3)C2=O)o1. The van der Waals surface area contributed by atoms with Gasteiger partial charge in [0.1, 0.15) is 11.5 Å². The Labute approximate surface area is 176 Å². The molecule has 1 aliphatic heterocycles. The molecule has 9 heteroatoms. The summed E-state index contributed by atoms with van der Waals surface area (Å²) in [5.41, 5.74) is 0.669. The Morgan fingerprint density at radius 3 is 2.69 bits per heavy atom. The second-order valence-electron chi connectivity index (χ2n) is 6.38. The van der Waals surface area contributed by atoms with Crippen LogP contribution in [-0.4, -0.2) is 35.2 Å². The fourth-order valence-corrected chi connectivity index (χ4v) is 3.64. The molecule has 3 rings (SSSR count). The van der Waals surface area contributed by atoms with Crippen LogP contribution in [0.1, 0.15) is 35.7 Å². The lowest BCUT2D eigenvalue weighted by Gasteiger charge is -2.11. The summed E-state index contributed by atoms with van der Waals surface area (Å²) in [6.07, 6.45) is 1.58. The van der Waals surface area contributed by atoms with E-state index in [0.29, 0.717) is 22.1 Å². The highest BCUT2D eigenvalue weighted by Crippen LogP contribution is 2.35. The van der Waals surface area contributed by atoms with Crippen molar-refractivity contribution in [3.63, 3.8) is 0 Å². The third kappa shape index (κ3) is 4.83. The zero-order valence-corrected chi connectivity index (χ0v) is 17.5. The smallest absolute Gasteiger partial charge is 0.373 e. The zero-order valence-electron chi connectivity index (χ0n) is 15.9. The first-order valence-corrected chi connectivity index (χ1v) is 9.86. The molecule has 1 aliphatic rings. The number of imide groups is 1. The average Bonchev–Trinajstić information content (AvgIpc) is 3.24. The topological polar surface area (TPSA) is 86.0 Å². The second kappa shape index (κ2) is 8.75. The number of furan rings is 1. The minimum absolute atomic E-state index is 0.00311.